The normalized spacial score (nSPS) is 20.8. The van der Waals surface area contributed by atoms with Crippen molar-refractivity contribution in [2.24, 2.45) is 0 Å². The molecule has 2 heterocycles. The molecule has 0 bridgehead atoms. The zero-order chi connectivity index (χ0) is 14.8. The number of carboxylic acids is 1. The molecule has 2 rings (SSSR count). The van der Waals surface area contributed by atoms with Crippen LogP contribution in [0.3, 0.4) is 0 Å². The number of morpholine rings is 1. The minimum absolute atomic E-state index is 0.0315. The number of carboxylic acid groups (broad SMARTS) is 1. The number of aliphatic carboxylic acids is 1. The Kier molecular flexibility index (Phi) is 4.31. The lowest BCUT2D eigenvalue weighted by Gasteiger charge is -2.33. The van der Waals surface area contributed by atoms with Crippen LogP contribution in [0.2, 0.25) is 0 Å². The van der Waals surface area contributed by atoms with Crippen molar-refractivity contribution < 1.29 is 27.4 Å². The van der Waals surface area contributed by atoms with Gasteiger partial charge in [-0.3, -0.25) is 4.79 Å². The molecule has 1 aromatic rings. The second-order valence-electron chi connectivity index (χ2n) is 4.23. The predicted octanol–water partition coefficient (Wildman–Crippen LogP) is 0.0849. The van der Waals surface area contributed by atoms with Gasteiger partial charge in [0.2, 0.25) is 5.03 Å². The molecule has 0 spiro atoms. The van der Waals surface area contributed by atoms with E-state index in [2.05, 4.69) is 4.98 Å². The molecule has 0 amide bonds. The van der Waals surface area contributed by atoms with E-state index in [1.54, 1.807) is 0 Å². The number of carbonyl (C=O) groups is 1. The number of sulfonamides is 1. The highest BCUT2D eigenvalue weighted by Crippen LogP contribution is 2.22. The van der Waals surface area contributed by atoms with Crippen molar-refractivity contribution in [2.75, 3.05) is 19.8 Å². The number of ether oxygens (including phenoxy) is 1. The molecular formula is C11H13FN2O5S. The third-order valence-electron chi connectivity index (χ3n) is 2.86. The molecular weight excluding hydrogens is 291 g/mol. The highest BCUT2D eigenvalue weighted by molar-refractivity contribution is 7.89. The summed E-state index contributed by atoms with van der Waals surface area (Å²) in [6.07, 6.45) is 0.760. The SMILES string of the molecule is O=C(O)CC1COCCN1S(=O)(=O)c1ncccc1F. The minimum atomic E-state index is -4.18. The van der Waals surface area contributed by atoms with Gasteiger partial charge in [-0.05, 0) is 12.1 Å². The molecule has 0 saturated carbocycles. The molecule has 1 aromatic heterocycles. The second kappa shape index (κ2) is 5.81. The summed E-state index contributed by atoms with van der Waals surface area (Å²) in [4.78, 5) is 14.3. The van der Waals surface area contributed by atoms with E-state index < -0.39 is 39.3 Å². The van der Waals surface area contributed by atoms with Gasteiger partial charge in [0.15, 0.2) is 5.82 Å². The maximum Gasteiger partial charge on any atom is 0.305 e. The summed E-state index contributed by atoms with van der Waals surface area (Å²) in [6.45, 7) is 0.0556. The largest absolute Gasteiger partial charge is 0.481 e. The Hall–Kier alpha value is -1.58. The first-order chi connectivity index (χ1) is 9.43. The number of hydrogen-bond donors (Lipinski definition) is 1. The van der Waals surface area contributed by atoms with Crippen LogP contribution in [0.4, 0.5) is 4.39 Å². The lowest BCUT2D eigenvalue weighted by molar-refractivity contribution is -0.139. The molecule has 1 unspecified atom stereocenters. The van der Waals surface area contributed by atoms with Crippen LogP contribution in [0.15, 0.2) is 23.4 Å². The fraction of sp³-hybridized carbons (Fsp3) is 0.455. The van der Waals surface area contributed by atoms with Gasteiger partial charge in [-0.2, -0.15) is 4.31 Å². The van der Waals surface area contributed by atoms with Crippen LogP contribution in [0.5, 0.6) is 0 Å². The number of hydrogen-bond acceptors (Lipinski definition) is 5. The fourth-order valence-electron chi connectivity index (χ4n) is 1.99. The van der Waals surface area contributed by atoms with Crippen molar-refractivity contribution in [3.05, 3.63) is 24.1 Å². The van der Waals surface area contributed by atoms with Crippen molar-refractivity contribution in [2.45, 2.75) is 17.5 Å². The number of nitrogens with zero attached hydrogens (tertiary/aromatic N) is 2. The Bertz CT molecular complexity index is 607. The van der Waals surface area contributed by atoms with E-state index in [9.17, 15) is 17.6 Å². The van der Waals surface area contributed by atoms with Gasteiger partial charge < -0.3 is 9.84 Å². The summed E-state index contributed by atoms with van der Waals surface area (Å²) in [6, 6.07) is 1.40. The molecule has 7 nitrogen and oxygen atoms in total. The first-order valence-electron chi connectivity index (χ1n) is 5.85. The van der Waals surface area contributed by atoms with Crippen LogP contribution >= 0.6 is 0 Å². The average molecular weight is 304 g/mol. The van der Waals surface area contributed by atoms with E-state index in [4.69, 9.17) is 9.84 Å². The van der Waals surface area contributed by atoms with E-state index in [0.29, 0.717) is 0 Å². The number of halogens is 1. The molecule has 0 aliphatic carbocycles. The first-order valence-corrected chi connectivity index (χ1v) is 7.29. The number of rotatable bonds is 4. The summed E-state index contributed by atoms with van der Waals surface area (Å²) < 4.78 is 44.4. The lowest BCUT2D eigenvalue weighted by atomic mass is 10.2. The van der Waals surface area contributed by atoms with E-state index in [0.717, 1.165) is 10.4 Å². The molecule has 1 aliphatic heterocycles. The molecule has 1 N–H and O–H groups in total. The summed E-state index contributed by atoms with van der Waals surface area (Å²) in [5.74, 6) is -2.12. The highest BCUT2D eigenvalue weighted by atomic mass is 32.2. The van der Waals surface area contributed by atoms with E-state index in [1.807, 2.05) is 0 Å². The van der Waals surface area contributed by atoms with Crippen LogP contribution in [0, 0.1) is 5.82 Å². The lowest BCUT2D eigenvalue weighted by Crippen LogP contribution is -2.49. The molecule has 1 aliphatic rings. The second-order valence-corrected chi connectivity index (χ2v) is 6.04. The first kappa shape index (κ1) is 14.8. The van der Waals surface area contributed by atoms with E-state index in [1.165, 1.54) is 12.3 Å². The fourth-order valence-corrected chi connectivity index (χ4v) is 3.56. The molecule has 0 radical (unpaired) electrons. The van der Waals surface area contributed by atoms with Crippen molar-refractivity contribution >= 4 is 16.0 Å². The van der Waals surface area contributed by atoms with E-state index >= 15 is 0 Å². The predicted molar refractivity (Wildman–Crippen MR) is 64.9 cm³/mol. The Morgan fingerprint density at radius 3 is 3.00 bits per heavy atom. The average Bonchev–Trinajstić information content (AvgIpc) is 2.38. The molecule has 1 atom stereocenters. The smallest absolute Gasteiger partial charge is 0.305 e. The molecule has 0 aromatic carbocycles. The maximum absolute atomic E-state index is 13.6. The minimum Gasteiger partial charge on any atom is -0.481 e. The van der Waals surface area contributed by atoms with Gasteiger partial charge in [-0.15, -0.1) is 0 Å². The van der Waals surface area contributed by atoms with Crippen LogP contribution in [-0.2, 0) is 19.6 Å². The van der Waals surface area contributed by atoms with Crippen LogP contribution in [0.25, 0.3) is 0 Å². The highest BCUT2D eigenvalue weighted by Gasteiger charge is 2.37. The van der Waals surface area contributed by atoms with Gasteiger partial charge in [0.1, 0.15) is 0 Å². The molecule has 110 valence electrons. The van der Waals surface area contributed by atoms with Crippen LogP contribution < -0.4 is 0 Å². The maximum atomic E-state index is 13.6. The van der Waals surface area contributed by atoms with Gasteiger partial charge in [-0.1, -0.05) is 0 Å². The molecule has 1 fully saturated rings. The zero-order valence-corrected chi connectivity index (χ0v) is 11.2. The quantitative estimate of drug-likeness (QED) is 0.846. The van der Waals surface area contributed by atoms with Crippen LogP contribution in [-0.4, -0.2) is 54.6 Å². The summed E-state index contributed by atoms with van der Waals surface area (Å²) in [7, 11) is -4.18. The Balaban J connectivity index is 2.36. The van der Waals surface area contributed by atoms with Gasteiger partial charge in [0.25, 0.3) is 10.0 Å². The van der Waals surface area contributed by atoms with Crippen molar-refractivity contribution in [1.29, 1.82) is 0 Å². The number of pyridine rings is 1. The molecule has 1 saturated heterocycles. The third kappa shape index (κ3) is 2.94. The Morgan fingerprint density at radius 1 is 1.60 bits per heavy atom. The molecule has 9 heteroatoms. The number of aromatic nitrogens is 1. The monoisotopic (exact) mass is 304 g/mol. The summed E-state index contributed by atoms with van der Waals surface area (Å²) >= 11 is 0. The van der Waals surface area contributed by atoms with Crippen molar-refractivity contribution in [1.82, 2.24) is 9.29 Å². The Labute approximate surface area is 115 Å². The van der Waals surface area contributed by atoms with Crippen LogP contribution in [0.1, 0.15) is 6.42 Å². The van der Waals surface area contributed by atoms with Gasteiger partial charge in [-0.25, -0.2) is 17.8 Å². The van der Waals surface area contributed by atoms with Gasteiger partial charge >= 0.3 is 5.97 Å². The summed E-state index contributed by atoms with van der Waals surface area (Å²) in [5.41, 5.74) is 0. The van der Waals surface area contributed by atoms with Gasteiger partial charge in [0, 0.05) is 12.7 Å². The Morgan fingerprint density at radius 2 is 2.35 bits per heavy atom. The topological polar surface area (TPSA) is 96.8 Å². The van der Waals surface area contributed by atoms with Gasteiger partial charge in [0.05, 0.1) is 25.7 Å². The molecule has 20 heavy (non-hydrogen) atoms. The summed E-state index contributed by atoms with van der Waals surface area (Å²) in [5, 5.41) is 8.11. The third-order valence-corrected chi connectivity index (χ3v) is 4.75. The van der Waals surface area contributed by atoms with E-state index in [-0.39, 0.29) is 19.8 Å². The van der Waals surface area contributed by atoms with Crippen molar-refractivity contribution in [3.63, 3.8) is 0 Å². The van der Waals surface area contributed by atoms with Crippen molar-refractivity contribution in [3.8, 4) is 0 Å². The standard InChI is InChI=1S/C11H13FN2O5S/c12-9-2-1-3-13-11(9)20(17,18)14-4-5-19-7-8(14)6-10(15)16/h1-3,8H,4-7H2,(H,15,16). The zero-order valence-electron chi connectivity index (χ0n) is 10.4.